The van der Waals surface area contributed by atoms with Crippen LogP contribution >= 0.6 is 12.0 Å². The van der Waals surface area contributed by atoms with E-state index in [-0.39, 0.29) is 29.7 Å². The molecule has 0 saturated carbocycles. The van der Waals surface area contributed by atoms with Crippen LogP contribution in [0.2, 0.25) is 0 Å². The van der Waals surface area contributed by atoms with Gasteiger partial charge in [0.1, 0.15) is 12.2 Å². The van der Waals surface area contributed by atoms with Gasteiger partial charge in [0.2, 0.25) is 0 Å². The zero-order valence-electron chi connectivity index (χ0n) is 19.1. The SMILES string of the molecule is CSOCc1cc2c(c(C(F)(F)F)c1)CN(c1cccc(C3(Cc4nncn4C)COC3)c1)C2=O. The van der Waals surface area contributed by atoms with Gasteiger partial charge in [-0.1, -0.05) is 12.1 Å². The lowest BCUT2D eigenvalue weighted by Gasteiger charge is -2.42. The molecular formula is C24H23F3N4O3S. The Hall–Kier alpha value is -2.89. The van der Waals surface area contributed by atoms with Crippen LogP contribution in [0.3, 0.4) is 0 Å². The number of carbonyl (C=O) groups excluding carboxylic acids is 1. The van der Waals surface area contributed by atoms with Crippen LogP contribution < -0.4 is 4.90 Å². The van der Waals surface area contributed by atoms with Gasteiger partial charge in [0.05, 0.1) is 31.9 Å². The lowest BCUT2D eigenvalue weighted by atomic mass is 9.75. The summed E-state index contributed by atoms with van der Waals surface area (Å²) in [7, 11) is 1.87. The van der Waals surface area contributed by atoms with Gasteiger partial charge >= 0.3 is 6.18 Å². The fourth-order valence-electron chi connectivity index (χ4n) is 4.63. The molecule has 3 aromatic rings. The molecule has 1 aromatic heterocycles. The van der Waals surface area contributed by atoms with E-state index >= 15 is 0 Å². The fourth-order valence-corrected chi connectivity index (χ4v) is 4.89. The van der Waals surface area contributed by atoms with Crippen molar-refractivity contribution in [1.82, 2.24) is 14.8 Å². The first-order valence-electron chi connectivity index (χ1n) is 10.9. The number of aryl methyl sites for hydroxylation is 1. The van der Waals surface area contributed by atoms with E-state index in [4.69, 9.17) is 8.92 Å². The predicted molar refractivity (Wildman–Crippen MR) is 124 cm³/mol. The maximum Gasteiger partial charge on any atom is 0.416 e. The van der Waals surface area contributed by atoms with E-state index in [1.54, 1.807) is 18.6 Å². The average Bonchev–Trinajstić information content (AvgIpc) is 3.36. The van der Waals surface area contributed by atoms with Crippen LogP contribution in [0, 0.1) is 0 Å². The van der Waals surface area contributed by atoms with Gasteiger partial charge in [0, 0.05) is 36.4 Å². The normalized spacial score (nSPS) is 16.9. The molecule has 7 nitrogen and oxygen atoms in total. The largest absolute Gasteiger partial charge is 0.416 e. The maximum absolute atomic E-state index is 13.9. The molecule has 0 aliphatic carbocycles. The van der Waals surface area contributed by atoms with Gasteiger partial charge in [-0.25, -0.2) is 0 Å². The Morgan fingerprint density at radius 2 is 2.03 bits per heavy atom. The molecule has 0 atom stereocenters. The number of halogens is 3. The molecule has 184 valence electrons. The van der Waals surface area contributed by atoms with Crippen molar-refractivity contribution in [1.29, 1.82) is 0 Å². The summed E-state index contributed by atoms with van der Waals surface area (Å²) in [6.07, 6.45) is -0.669. The number of hydrogen-bond acceptors (Lipinski definition) is 6. The third-order valence-electron chi connectivity index (χ3n) is 6.58. The summed E-state index contributed by atoms with van der Waals surface area (Å²) in [5.74, 6) is 0.346. The monoisotopic (exact) mass is 504 g/mol. The lowest BCUT2D eigenvalue weighted by Crippen LogP contribution is -2.49. The predicted octanol–water partition coefficient (Wildman–Crippen LogP) is 4.30. The molecule has 0 radical (unpaired) electrons. The second kappa shape index (κ2) is 8.96. The minimum Gasteiger partial charge on any atom is -0.379 e. The van der Waals surface area contributed by atoms with Crippen LogP contribution in [0.25, 0.3) is 0 Å². The van der Waals surface area contributed by atoms with Crippen LogP contribution in [0.1, 0.15) is 38.4 Å². The Morgan fingerprint density at radius 1 is 1.23 bits per heavy atom. The summed E-state index contributed by atoms with van der Waals surface area (Å²) < 4.78 is 54.3. The maximum atomic E-state index is 13.9. The highest BCUT2D eigenvalue weighted by Gasteiger charge is 2.43. The first-order chi connectivity index (χ1) is 16.7. The summed E-state index contributed by atoms with van der Waals surface area (Å²) >= 11 is 1.06. The summed E-state index contributed by atoms with van der Waals surface area (Å²) in [6, 6.07) is 9.96. The van der Waals surface area contributed by atoms with Gasteiger partial charge in [-0.05, 0) is 53.0 Å². The van der Waals surface area contributed by atoms with E-state index < -0.39 is 17.6 Å². The number of fused-ring (bicyclic) bond motifs is 1. The van der Waals surface area contributed by atoms with Crippen LogP contribution in [0.5, 0.6) is 0 Å². The molecule has 1 saturated heterocycles. The third-order valence-corrected chi connectivity index (χ3v) is 6.93. The van der Waals surface area contributed by atoms with Crippen molar-refractivity contribution < 1.29 is 26.9 Å². The van der Waals surface area contributed by atoms with Crippen molar-refractivity contribution in [2.24, 2.45) is 7.05 Å². The minimum atomic E-state index is -4.58. The average molecular weight is 505 g/mol. The molecule has 2 aromatic carbocycles. The van der Waals surface area contributed by atoms with E-state index in [9.17, 15) is 18.0 Å². The second-order valence-electron chi connectivity index (χ2n) is 8.85. The lowest BCUT2D eigenvalue weighted by molar-refractivity contribution is -0.138. The van der Waals surface area contributed by atoms with Crippen molar-refractivity contribution in [2.45, 2.75) is 31.2 Å². The number of carbonyl (C=O) groups is 1. The van der Waals surface area contributed by atoms with Crippen LogP contribution in [0.15, 0.2) is 42.7 Å². The molecular weight excluding hydrogens is 481 g/mol. The Labute approximate surface area is 204 Å². The summed E-state index contributed by atoms with van der Waals surface area (Å²) in [5.41, 5.74) is 0.705. The number of ether oxygens (including phenoxy) is 1. The van der Waals surface area contributed by atoms with E-state index in [2.05, 4.69) is 10.2 Å². The van der Waals surface area contributed by atoms with Crippen LogP contribution in [-0.4, -0.2) is 40.1 Å². The number of hydrogen-bond donors (Lipinski definition) is 0. The van der Waals surface area contributed by atoms with Crippen molar-refractivity contribution in [3.8, 4) is 0 Å². The molecule has 0 N–H and O–H groups in total. The third kappa shape index (κ3) is 4.32. The molecule has 2 aliphatic rings. The Morgan fingerprint density at radius 3 is 2.66 bits per heavy atom. The molecule has 0 bridgehead atoms. The number of anilines is 1. The van der Waals surface area contributed by atoms with Gasteiger partial charge in [0.25, 0.3) is 5.91 Å². The van der Waals surface area contributed by atoms with E-state index in [1.165, 1.54) is 11.0 Å². The Balaban J connectivity index is 1.48. The first kappa shape index (κ1) is 23.8. The second-order valence-corrected chi connectivity index (χ2v) is 9.41. The highest BCUT2D eigenvalue weighted by atomic mass is 32.2. The zero-order chi connectivity index (χ0) is 24.8. The van der Waals surface area contributed by atoms with Crippen molar-refractivity contribution in [3.05, 3.63) is 76.4 Å². The minimum absolute atomic E-state index is 0.0124. The Kier molecular flexibility index (Phi) is 6.10. The topological polar surface area (TPSA) is 69.5 Å². The van der Waals surface area contributed by atoms with Crippen molar-refractivity contribution >= 4 is 23.6 Å². The van der Waals surface area contributed by atoms with Gasteiger partial charge in [0.15, 0.2) is 0 Å². The summed E-state index contributed by atoms with van der Waals surface area (Å²) in [5, 5.41) is 8.13. The molecule has 3 heterocycles. The number of alkyl halides is 3. The van der Waals surface area contributed by atoms with Crippen molar-refractivity contribution in [2.75, 3.05) is 24.4 Å². The number of amides is 1. The molecule has 1 fully saturated rings. The number of aromatic nitrogens is 3. The van der Waals surface area contributed by atoms with E-state index in [0.29, 0.717) is 30.9 Å². The van der Waals surface area contributed by atoms with Gasteiger partial charge in [-0.3, -0.25) is 4.79 Å². The highest BCUT2D eigenvalue weighted by molar-refractivity contribution is 7.93. The fraction of sp³-hybridized carbons (Fsp3) is 0.375. The Bertz CT molecular complexity index is 1270. The smallest absolute Gasteiger partial charge is 0.379 e. The molecule has 5 rings (SSSR count). The molecule has 1 amide bonds. The van der Waals surface area contributed by atoms with E-state index in [0.717, 1.165) is 29.5 Å². The van der Waals surface area contributed by atoms with Gasteiger partial charge in [-0.2, -0.15) is 13.2 Å². The molecule has 11 heteroatoms. The van der Waals surface area contributed by atoms with Crippen LogP contribution in [0.4, 0.5) is 18.9 Å². The number of benzene rings is 2. The van der Waals surface area contributed by atoms with Gasteiger partial charge < -0.3 is 18.4 Å². The molecule has 0 unspecified atom stereocenters. The number of nitrogens with zero attached hydrogens (tertiary/aromatic N) is 4. The molecule has 0 spiro atoms. The summed E-state index contributed by atoms with van der Waals surface area (Å²) in [6.45, 7) is 0.788. The zero-order valence-corrected chi connectivity index (χ0v) is 19.9. The standard InChI is InChI=1S/C24H23F3N4O3S/c1-30-14-28-29-21(30)9-23(12-33-13-23)16-4-3-5-17(8-16)31-10-19-18(22(31)32)6-15(11-34-35-2)7-20(19)24(25,26)27/h3-8,14H,9-13H2,1-2H3. The quantitative estimate of drug-likeness (QED) is 0.447. The first-order valence-corrected chi connectivity index (χ1v) is 12.1. The van der Waals surface area contributed by atoms with Gasteiger partial charge in [-0.15, -0.1) is 10.2 Å². The van der Waals surface area contributed by atoms with E-state index in [1.807, 2.05) is 29.8 Å². The highest BCUT2D eigenvalue weighted by Crippen LogP contribution is 2.41. The van der Waals surface area contributed by atoms with Crippen molar-refractivity contribution in [3.63, 3.8) is 0 Å². The summed E-state index contributed by atoms with van der Waals surface area (Å²) in [4.78, 5) is 14.7. The van der Waals surface area contributed by atoms with Crippen LogP contribution in [-0.2, 0) is 47.1 Å². The molecule has 35 heavy (non-hydrogen) atoms. The number of rotatable bonds is 7. The molecule has 2 aliphatic heterocycles.